The average molecular weight is 363 g/mol. The quantitative estimate of drug-likeness (QED) is 0.877. The Hall–Kier alpha value is -2.03. The lowest BCUT2D eigenvalue weighted by Gasteiger charge is -2.30. The van der Waals surface area contributed by atoms with Gasteiger partial charge in [0.2, 0.25) is 0 Å². The molecule has 110 valence electrons. The molecule has 2 rings (SSSR count). The molecular formula is C12H6BrF3N2O3. The van der Waals surface area contributed by atoms with Crippen LogP contribution in [0.4, 0.5) is 13.2 Å². The van der Waals surface area contributed by atoms with Crippen molar-refractivity contribution in [2.45, 2.75) is 11.7 Å². The van der Waals surface area contributed by atoms with Crippen molar-refractivity contribution in [3.05, 3.63) is 33.8 Å². The molecule has 0 fully saturated rings. The number of aliphatic imine (C=N–C) groups is 2. The van der Waals surface area contributed by atoms with Crippen LogP contribution in [-0.2, 0) is 10.3 Å². The number of amides is 1. The van der Waals surface area contributed by atoms with Crippen LogP contribution in [0, 0.1) is 0 Å². The van der Waals surface area contributed by atoms with E-state index in [1.165, 1.54) is 0 Å². The maximum absolute atomic E-state index is 13.4. The summed E-state index contributed by atoms with van der Waals surface area (Å²) in [4.78, 5) is 29.1. The summed E-state index contributed by atoms with van der Waals surface area (Å²) in [5, 5.41) is 8.93. The largest absolute Gasteiger partial charge is 0.478 e. The summed E-state index contributed by atoms with van der Waals surface area (Å²) in [6, 6.07) is 2.88. The highest BCUT2D eigenvalue weighted by Gasteiger charge is 2.62. The Kier molecular flexibility index (Phi) is 3.70. The monoisotopic (exact) mass is 362 g/mol. The molecule has 0 radical (unpaired) electrons. The number of nitrogens with zero attached hydrogens (tertiary/aromatic N) is 2. The second kappa shape index (κ2) is 5.06. The van der Waals surface area contributed by atoms with Crippen LogP contribution in [0.3, 0.4) is 0 Å². The Morgan fingerprint density at radius 1 is 1.24 bits per heavy atom. The SMILES string of the molecule is O=C(O)c1cc(Br)cc(C2(C(F)(F)F)N=CC=NC2=O)c1. The maximum atomic E-state index is 13.4. The second-order valence-corrected chi connectivity index (χ2v) is 5.02. The molecule has 0 saturated heterocycles. The van der Waals surface area contributed by atoms with E-state index in [1.807, 2.05) is 0 Å². The first kappa shape index (κ1) is 15.4. The number of rotatable bonds is 2. The lowest BCUT2D eigenvalue weighted by Crippen LogP contribution is -2.48. The van der Waals surface area contributed by atoms with Crippen LogP contribution in [0.15, 0.2) is 32.7 Å². The highest BCUT2D eigenvalue weighted by Crippen LogP contribution is 2.45. The van der Waals surface area contributed by atoms with Crippen LogP contribution in [-0.4, -0.2) is 35.6 Å². The van der Waals surface area contributed by atoms with E-state index in [9.17, 15) is 22.8 Å². The summed E-state index contributed by atoms with van der Waals surface area (Å²) >= 11 is 2.93. The Morgan fingerprint density at radius 2 is 1.90 bits per heavy atom. The number of alkyl halides is 3. The van der Waals surface area contributed by atoms with E-state index < -0.39 is 34.7 Å². The van der Waals surface area contributed by atoms with Crippen molar-refractivity contribution >= 4 is 40.2 Å². The number of carbonyl (C=O) groups is 2. The molecule has 0 aliphatic carbocycles. The fourth-order valence-corrected chi connectivity index (χ4v) is 2.37. The highest BCUT2D eigenvalue weighted by molar-refractivity contribution is 9.10. The lowest BCUT2D eigenvalue weighted by atomic mass is 9.87. The lowest BCUT2D eigenvalue weighted by molar-refractivity contribution is -0.191. The van der Waals surface area contributed by atoms with E-state index in [0.29, 0.717) is 0 Å². The molecule has 1 heterocycles. The van der Waals surface area contributed by atoms with Gasteiger partial charge in [-0.25, -0.2) is 9.79 Å². The topological polar surface area (TPSA) is 79.1 Å². The number of carboxylic acid groups (broad SMARTS) is 1. The summed E-state index contributed by atoms with van der Waals surface area (Å²) < 4.78 is 40.4. The molecule has 0 saturated carbocycles. The maximum Gasteiger partial charge on any atom is 0.427 e. The van der Waals surface area contributed by atoms with Crippen LogP contribution >= 0.6 is 15.9 Å². The molecule has 1 aliphatic heterocycles. The van der Waals surface area contributed by atoms with Crippen molar-refractivity contribution in [2.24, 2.45) is 9.98 Å². The predicted octanol–water partition coefficient (Wildman–Crippen LogP) is 2.59. The van der Waals surface area contributed by atoms with Gasteiger partial charge in [0.15, 0.2) is 0 Å². The minimum absolute atomic E-state index is 0.0820. The molecule has 9 heteroatoms. The Balaban J connectivity index is 2.75. The highest BCUT2D eigenvalue weighted by atomic mass is 79.9. The molecule has 1 atom stereocenters. The van der Waals surface area contributed by atoms with Gasteiger partial charge in [-0.2, -0.15) is 13.2 Å². The molecule has 0 aromatic heterocycles. The van der Waals surface area contributed by atoms with E-state index in [0.717, 1.165) is 30.6 Å². The van der Waals surface area contributed by atoms with Gasteiger partial charge in [-0.15, -0.1) is 0 Å². The van der Waals surface area contributed by atoms with E-state index in [4.69, 9.17) is 5.11 Å². The van der Waals surface area contributed by atoms with Crippen LogP contribution < -0.4 is 0 Å². The van der Waals surface area contributed by atoms with Gasteiger partial charge in [0, 0.05) is 22.5 Å². The third-order valence-electron chi connectivity index (χ3n) is 2.81. The molecule has 5 nitrogen and oxygen atoms in total. The number of halogens is 4. The Bertz CT molecular complexity index is 685. The van der Waals surface area contributed by atoms with Crippen molar-refractivity contribution in [1.29, 1.82) is 0 Å². The van der Waals surface area contributed by atoms with Crippen molar-refractivity contribution in [3.8, 4) is 0 Å². The summed E-state index contributed by atoms with van der Waals surface area (Å²) in [7, 11) is 0. The summed E-state index contributed by atoms with van der Waals surface area (Å²) in [6.45, 7) is 0. The van der Waals surface area contributed by atoms with Gasteiger partial charge in [0.05, 0.1) is 5.56 Å². The number of aromatic carboxylic acids is 1. The van der Waals surface area contributed by atoms with Gasteiger partial charge < -0.3 is 5.11 Å². The first-order valence-electron chi connectivity index (χ1n) is 5.42. The standard InChI is InChI=1S/C12H6BrF3N2O3/c13-8-4-6(9(19)20)3-7(5-8)11(12(14,15)16)10(21)17-1-2-18-11/h1-5H,(H,19,20). The van der Waals surface area contributed by atoms with Gasteiger partial charge in [0.25, 0.3) is 11.4 Å². The van der Waals surface area contributed by atoms with Gasteiger partial charge in [0.1, 0.15) is 0 Å². The third kappa shape index (κ3) is 2.48. The van der Waals surface area contributed by atoms with E-state index in [-0.39, 0.29) is 4.47 Å². The molecular weight excluding hydrogens is 357 g/mol. The van der Waals surface area contributed by atoms with Gasteiger partial charge in [-0.3, -0.25) is 9.79 Å². The van der Waals surface area contributed by atoms with Crippen molar-refractivity contribution in [3.63, 3.8) is 0 Å². The van der Waals surface area contributed by atoms with Gasteiger partial charge >= 0.3 is 12.1 Å². The molecule has 1 aromatic rings. The number of hydrogen-bond acceptors (Lipinski definition) is 3. The number of benzene rings is 1. The van der Waals surface area contributed by atoms with Crippen molar-refractivity contribution in [2.75, 3.05) is 0 Å². The third-order valence-corrected chi connectivity index (χ3v) is 3.27. The van der Waals surface area contributed by atoms with E-state index >= 15 is 0 Å². The van der Waals surface area contributed by atoms with Crippen LogP contribution in [0.2, 0.25) is 0 Å². The predicted molar refractivity (Wildman–Crippen MR) is 70.8 cm³/mol. The zero-order valence-electron chi connectivity index (χ0n) is 10.1. The minimum atomic E-state index is -5.06. The summed E-state index contributed by atoms with van der Waals surface area (Å²) in [6.07, 6.45) is -3.45. The zero-order valence-corrected chi connectivity index (χ0v) is 11.6. The fourth-order valence-electron chi connectivity index (χ4n) is 1.87. The molecule has 1 aromatic carbocycles. The van der Waals surface area contributed by atoms with Crippen LogP contribution in [0.1, 0.15) is 15.9 Å². The molecule has 0 spiro atoms. The first-order chi connectivity index (χ1) is 9.68. The van der Waals surface area contributed by atoms with Gasteiger partial charge in [-0.05, 0) is 18.2 Å². The summed E-state index contributed by atoms with van der Waals surface area (Å²) in [5.41, 5.74) is -4.24. The first-order valence-corrected chi connectivity index (χ1v) is 6.21. The number of carboxylic acids is 1. The molecule has 1 amide bonds. The van der Waals surface area contributed by atoms with Crippen molar-refractivity contribution < 1.29 is 27.9 Å². The van der Waals surface area contributed by atoms with E-state index in [2.05, 4.69) is 25.9 Å². The van der Waals surface area contributed by atoms with E-state index in [1.54, 1.807) is 0 Å². The normalized spacial score (nSPS) is 21.6. The Morgan fingerprint density at radius 3 is 2.43 bits per heavy atom. The second-order valence-electron chi connectivity index (χ2n) is 4.10. The number of hydrogen-bond donors (Lipinski definition) is 1. The molecule has 1 aliphatic rings. The van der Waals surface area contributed by atoms with Gasteiger partial charge in [-0.1, -0.05) is 15.9 Å². The minimum Gasteiger partial charge on any atom is -0.478 e. The zero-order chi connectivity index (χ0) is 15.8. The smallest absolute Gasteiger partial charge is 0.427 e. The van der Waals surface area contributed by atoms with Crippen LogP contribution in [0.5, 0.6) is 0 Å². The number of carbonyl (C=O) groups excluding carboxylic acids is 1. The molecule has 21 heavy (non-hydrogen) atoms. The molecule has 0 bridgehead atoms. The van der Waals surface area contributed by atoms with Crippen LogP contribution in [0.25, 0.3) is 0 Å². The fraction of sp³-hybridized carbons (Fsp3) is 0.167. The molecule has 1 unspecified atom stereocenters. The summed E-state index contributed by atoms with van der Waals surface area (Å²) in [5.74, 6) is -2.95. The van der Waals surface area contributed by atoms with Crippen molar-refractivity contribution in [1.82, 2.24) is 0 Å². The average Bonchev–Trinajstić information content (AvgIpc) is 2.37. The molecule has 1 N–H and O–H groups in total. The Labute approximate surface area is 124 Å².